The largest absolute Gasteiger partial charge is 0.482 e. The molecule has 2 aliphatic rings. The molecule has 1 aromatic carbocycles. The van der Waals surface area contributed by atoms with Gasteiger partial charge in [-0.1, -0.05) is 12.8 Å². The van der Waals surface area contributed by atoms with Crippen molar-refractivity contribution in [1.82, 2.24) is 5.32 Å². The molecule has 6 heteroatoms. The number of anilines is 1. The predicted molar refractivity (Wildman–Crippen MR) is 76.3 cm³/mol. The second-order valence-electron chi connectivity index (χ2n) is 5.66. The number of aliphatic hydroxyl groups is 1. The zero-order valence-electron chi connectivity index (χ0n) is 11.6. The summed E-state index contributed by atoms with van der Waals surface area (Å²) in [5.74, 6) is 0.0545. The molecule has 21 heavy (non-hydrogen) atoms. The molecule has 0 aromatic heterocycles. The number of fused-ring (bicyclic) bond motifs is 1. The molecule has 0 saturated heterocycles. The standard InChI is InChI=1S/C15H18N2O4/c18-13-8-21-12-4-3-10(7-11(12)17-13)14(19)16-9-15(20)5-1-2-6-15/h3-4,7,20H,1-2,5-6,8-9H2,(H,16,19)(H,17,18). The quantitative estimate of drug-likeness (QED) is 0.776. The van der Waals surface area contributed by atoms with Crippen LogP contribution in [0.4, 0.5) is 5.69 Å². The van der Waals surface area contributed by atoms with Crippen LogP contribution in [0.15, 0.2) is 18.2 Å². The smallest absolute Gasteiger partial charge is 0.262 e. The molecular formula is C15H18N2O4. The Labute approximate surface area is 122 Å². The van der Waals surface area contributed by atoms with Crippen molar-refractivity contribution in [2.75, 3.05) is 18.5 Å². The molecule has 0 unspecified atom stereocenters. The zero-order chi connectivity index (χ0) is 14.9. The minimum Gasteiger partial charge on any atom is -0.482 e. The molecule has 1 aromatic rings. The van der Waals surface area contributed by atoms with Crippen molar-refractivity contribution in [2.24, 2.45) is 0 Å². The number of benzene rings is 1. The van der Waals surface area contributed by atoms with E-state index in [1.54, 1.807) is 18.2 Å². The number of hydrogen-bond donors (Lipinski definition) is 3. The molecule has 1 fully saturated rings. The first-order chi connectivity index (χ1) is 10.1. The van der Waals surface area contributed by atoms with E-state index in [4.69, 9.17) is 4.74 Å². The summed E-state index contributed by atoms with van der Waals surface area (Å²) in [7, 11) is 0. The molecular weight excluding hydrogens is 272 g/mol. The van der Waals surface area contributed by atoms with E-state index in [0.29, 0.717) is 17.0 Å². The van der Waals surface area contributed by atoms with Gasteiger partial charge in [-0.2, -0.15) is 0 Å². The second kappa shape index (κ2) is 5.37. The fourth-order valence-electron chi connectivity index (χ4n) is 2.78. The van der Waals surface area contributed by atoms with Crippen molar-refractivity contribution in [1.29, 1.82) is 0 Å². The van der Waals surface area contributed by atoms with E-state index in [-0.39, 0.29) is 25.0 Å². The lowest BCUT2D eigenvalue weighted by Gasteiger charge is -2.22. The van der Waals surface area contributed by atoms with E-state index < -0.39 is 5.60 Å². The molecule has 0 bridgehead atoms. The van der Waals surface area contributed by atoms with E-state index in [1.165, 1.54) is 0 Å². The maximum atomic E-state index is 12.1. The highest BCUT2D eigenvalue weighted by Gasteiger charge is 2.31. The van der Waals surface area contributed by atoms with Gasteiger partial charge in [-0.05, 0) is 31.0 Å². The third kappa shape index (κ3) is 3.00. The fourth-order valence-corrected chi connectivity index (χ4v) is 2.78. The first-order valence-electron chi connectivity index (χ1n) is 7.13. The summed E-state index contributed by atoms with van der Waals surface area (Å²) >= 11 is 0. The van der Waals surface area contributed by atoms with Crippen LogP contribution >= 0.6 is 0 Å². The fraction of sp³-hybridized carbons (Fsp3) is 0.467. The first-order valence-corrected chi connectivity index (χ1v) is 7.13. The molecule has 0 radical (unpaired) electrons. The van der Waals surface area contributed by atoms with Crippen LogP contribution in [0.2, 0.25) is 0 Å². The number of carbonyl (C=O) groups excluding carboxylic acids is 2. The van der Waals surface area contributed by atoms with Crippen molar-refractivity contribution >= 4 is 17.5 Å². The van der Waals surface area contributed by atoms with Gasteiger partial charge in [-0.3, -0.25) is 9.59 Å². The Morgan fingerprint density at radius 2 is 2.14 bits per heavy atom. The van der Waals surface area contributed by atoms with Crippen molar-refractivity contribution < 1.29 is 19.4 Å². The maximum absolute atomic E-state index is 12.1. The van der Waals surface area contributed by atoms with Gasteiger partial charge in [0.15, 0.2) is 6.61 Å². The molecule has 1 aliphatic heterocycles. The number of amides is 2. The Bertz CT molecular complexity index is 579. The Kier molecular flexibility index (Phi) is 3.55. The Hall–Kier alpha value is -2.08. The summed E-state index contributed by atoms with van der Waals surface area (Å²) in [4.78, 5) is 23.4. The van der Waals surface area contributed by atoms with Crippen molar-refractivity contribution in [3.63, 3.8) is 0 Å². The second-order valence-corrected chi connectivity index (χ2v) is 5.66. The van der Waals surface area contributed by atoms with Gasteiger partial charge in [0.05, 0.1) is 11.3 Å². The van der Waals surface area contributed by atoms with E-state index in [2.05, 4.69) is 10.6 Å². The number of nitrogens with one attached hydrogen (secondary N) is 2. The predicted octanol–water partition coefficient (Wildman–Crippen LogP) is 1.05. The van der Waals surface area contributed by atoms with Crippen LogP contribution in [-0.4, -0.2) is 35.7 Å². The summed E-state index contributed by atoms with van der Waals surface area (Å²) in [6.45, 7) is 0.247. The number of carbonyl (C=O) groups is 2. The molecule has 6 nitrogen and oxygen atoms in total. The van der Waals surface area contributed by atoms with E-state index in [0.717, 1.165) is 25.7 Å². The lowest BCUT2D eigenvalue weighted by Crippen LogP contribution is -2.40. The summed E-state index contributed by atoms with van der Waals surface area (Å²) in [5, 5.41) is 15.6. The molecule has 0 spiro atoms. The summed E-state index contributed by atoms with van der Waals surface area (Å²) in [5.41, 5.74) is 0.154. The summed E-state index contributed by atoms with van der Waals surface area (Å²) in [6, 6.07) is 4.89. The molecule has 0 atom stereocenters. The van der Waals surface area contributed by atoms with Gasteiger partial charge >= 0.3 is 0 Å². The SMILES string of the molecule is O=C1COc2ccc(C(=O)NCC3(O)CCCC3)cc2N1. The summed E-state index contributed by atoms with van der Waals surface area (Å²) < 4.78 is 5.24. The van der Waals surface area contributed by atoms with Crippen LogP contribution in [0.3, 0.4) is 0 Å². The average Bonchev–Trinajstić information content (AvgIpc) is 2.91. The van der Waals surface area contributed by atoms with Gasteiger partial charge in [0, 0.05) is 12.1 Å². The molecule has 2 amide bonds. The van der Waals surface area contributed by atoms with Gasteiger partial charge in [0.2, 0.25) is 0 Å². The van der Waals surface area contributed by atoms with Gasteiger partial charge in [-0.25, -0.2) is 0 Å². The van der Waals surface area contributed by atoms with Crippen LogP contribution in [0.5, 0.6) is 5.75 Å². The molecule has 1 saturated carbocycles. The van der Waals surface area contributed by atoms with Crippen LogP contribution in [0.1, 0.15) is 36.0 Å². The lowest BCUT2D eigenvalue weighted by atomic mass is 10.0. The molecule has 1 aliphatic carbocycles. The minimum absolute atomic E-state index is 0.00836. The molecule has 3 N–H and O–H groups in total. The number of hydrogen-bond acceptors (Lipinski definition) is 4. The highest BCUT2D eigenvalue weighted by molar-refractivity contribution is 5.99. The van der Waals surface area contributed by atoms with Gasteiger partial charge in [0.25, 0.3) is 11.8 Å². The highest BCUT2D eigenvalue weighted by Crippen LogP contribution is 2.30. The molecule has 3 rings (SSSR count). The van der Waals surface area contributed by atoms with Crippen LogP contribution in [0.25, 0.3) is 0 Å². The topological polar surface area (TPSA) is 87.7 Å². The first kappa shape index (κ1) is 13.9. The average molecular weight is 290 g/mol. The summed E-state index contributed by atoms with van der Waals surface area (Å²) in [6.07, 6.45) is 3.44. The Morgan fingerprint density at radius 3 is 2.90 bits per heavy atom. The van der Waals surface area contributed by atoms with Gasteiger partial charge < -0.3 is 20.5 Å². The zero-order valence-corrected chi connectivity index (χ0v) is 11.6. The monoisotopic (exact) mass is 290 g/mol. The Morgan fingerprint density at radius 1 is 1.38 bits per heavy atom. The van der Waals surface area contributed by atoms with E-state index >= 15 is 0 Å². The van der Waals surface area contributed by atoms with Crippen LogP contribution in [0, 0.1) is 0 Å². The Balaban J connectivity index is 1.67. The highest BCUT2D eigenvalue weighted by atomic mass is 16.5. The normalized spacial score (nSPS) is 19.4. The van der Waals surface area contributed by atoms with Crippen molar-refractivity contribution in [3.8, 4) is 5.75 Å². The maximum Gasteiger partial charge on any atom is 0.262 e. The number of ether oxygens (including phenoxy) is 1. The van der Waals surface area contributed by atoms with E-state index in [1.807, 2.05) is 0 Å². The van der Waals surface area contributed by atoms with Crippen LogP contribution < -0.4 is 15.4 Å². The molecule has 1 heterocycles. The lowest BCUT2D eigenvalue weighted by molar-refractivity contribution is -0.118. The van der Waals surface area contributed by atoms with Crippen LogP contribution in [-0.2, 0) is 4.79 Å². The van der Waals surface area contributed by atoms with Crippen molar-refractivity contribution in [3.05, 3.63) is 23.8 Å². The van der Waals surface area contributed by atoms with Crippen molar-refractivity contribution in [2.45, 2.75) is 31.3 Å². The van der Waals surface area contributed by atoms with E-state index in [9.17, 15) is 14.7 Å². The molecule has 112 valence electrons. The minimum atomic E-state index is -0.777. The third-order valence-corrected chi connectivity index (χ3v) is 3.99. The third-order valence-electron chi connectivity index (χ3n) is 3.99. The number of rotatable bonds is 3. The van der Waals surface area contributed by atoms with Gasteiger partial charge in [-0.15, -0.1) is 0 Å². The van der Waals surface area contributed by atoms with Gasteiger partial charge in [0.1, 0.15) is 5.75 Å².